The molecule has 0 saturated carbocycles. The highest BCUT2D eigenvalue weighted by Crippen LogP contribution is 2.47. The smallest absolute Gasteiger partial charge is 0.342 e. The van der Waals surface area contributed by atoms with Crippen molar-refractivity contribution in [2.75, 3.05) is 13.7 Å². The molecule has 43 heavy (non-hydrogen) atoms. The highest BCUT2D eigenvalue weighted by Gasteiger charge is 2.48. The summed E-state index contributed by atoms with van der Waals surface area (Å²) in [7, 11) is 1.56. The second kappa shape index (κ2) is 12.6. The zero-order valence-electron chi connectivity index (χ0n) is 25.2. The minimum absolute atomic E-state index is 0.117. The maximum Gasteiger partial charge on any atom is 0.342 e. The van der Waals surface area contributed by atoms with Gasteiger partial charge in [-0.3, -0.25) is 0 Å². The number of cyclic esters (lactones) is 1. The molecule has 1 aliphatic rings. The minimum atomic E-state index is -2.04. The van der Waals surface area contributed by atoms with Crippen LogP contribution in [0.1, 0.15) is 57.7 Å². The summed E-state index contributed by atoms with van der Waals surface area (Å²) in [5.74, 6) is -0.554. The van der Waals surface area contributed by atoms with E-state index in [-0.39, 0.29) is 24.2 Å². The van der Waals surface area contributed by atoms with Crippen molar-refractivity contribution in [1.29, 1.82) is 0 Å². The Morgan fingerprint density at radius 3 is 2.30 bits per heavy atom. The van der Waals surface area contributed by atoms with Crippen LogP contribution in [-0.2, 0) is 21.7 Å². The molecule has 226 valence electrons. The summed E-state index contributed by atoms with van der Waals surface area (Å²) in [4.78, 5) is 13.6. The molecule has 0 bridgehead atoms. The van der Waals surface area contributed by atoms with E-state index in [0.717, 1.165) is 29.2 Å². The number of aromatic nitrogens is 2. The molecule has 0 amide bonds. The van der Waals surface area contributed by atoms with E-state index < -0.39 is 11.8 Å². The van der Waals surface area contributed by atoms with Gasteiger partial charge in [-0.25, -0.2) is 4.79 Å². The lowest BCUT2D eigenvalue weighted by Crippen LogP contribution is -2.29. The predicted molar refractivity (Wildman–Crippen MR) is 165 cm³/mol. The van der Waals surface area contributed by atoms with Crippen molar-refractivity contribution in [2.45, 2.75) is 65.5 Å². The number of rotatable bonds is 12. The summed E-state index contributed by atoms with van der Waals surface area (Å²) < 4.78 is 38.1. The quantitative estimate of drug-likeness (QED) is 0.182. The Morgan fingerprint density at radius 1 is 0.930 bits per heavy atom. The lowest BCUT2D eigenvalue weighted by Gasteiger charge is -2.26. The van der Waals surface area contributed by atoms with Crippen LogP contribution < -0.4 is 18.9 Å². The number of esters is 1. The summed E-state index contributed by atoms with van der Waals surface area (Å²) >= 11 is 1.09. The minimum Gasteiger partial charge on any atom is -0.494 e. The van der Waals surface area contributed by atoms with Gasteiger partial charge in [-0.05, 0) is 93.8 Å². The van der Waals surface area contributed by atoms with Gasteiger partial charge in [0, 0.05) is 17.6 Å². The van der Waals surface area contributed by atoms with Crippen LogP contribution in [0.4, 0.5) is 0 Å². The van der Waals surface area contributed by atoms with E-state index in [0.29, 0.717) is 51.8 Å². The normalized spacial score (nSPS) is 16.7. The second-order valence-corrected chi connectivity index (χ2v) is 11.4. The van der Waals surface area contributed by atoms with Gasteiger partial charge < -0.3 is 28.8 Å². The van der Waals surface area contributed by atoms with Gasteiger partial charge in [0.1, 0.15) is 16.8 Å². The van der Waals surface area contributed by atoms with Crippen molar-refractivity contribution >= 4 is 34.3 Å². The SMILES string of the molecule is CCCOc1ccc(C2(O)OC(=O)C(c3ccc4nsnc4c3)=C2Cc2cc(OC)c(OC(C)C)c(OC(C)C)c2)cc1. The largest absolute Gasteiger partial charge is 0.494 e. The standard InChI is InChI=1S/C33H36N2O7S/c1-7-14-39-24-11-9-23(10-12-24)33(37)25(30(32(36)42-33)22-8-13-26-27(18-22)35-43-34-26)15-21-16-28(38-6)31(41-20(4)5)29(17-21)40-19(2)3/h8-13,16-20,37H,7,14-15H2,1-6H3. The van der Waals surface area contributed by atoms with E-state index in [1.807, 2.05) is 46.8 Å². The highest BCUT2D eigenvalue weighted by molar-refractivity contribution is 7.00. The fourth-order valence-electron chi connectivity index (χ4n) is 4.99. The van der Waals surface area contributed by atoms with E-state index in [4.69, 9.17) is 23.7 Å². The third-order valence-electron chi connectivity index (χ3n) is 6.81. The van der Waals surface area contributed by atoms with E-state index in [1.165, 1.54) is 0 Å². The van der Waals surface area contributed by atoms with E-state index in [9.17, 15) is 9.90 Å². The molecule has 2 heterocycles. The van der Waals surface area contributed by atoms with Crippen molar-refractivity contribution in [1.82, 2.24) is 8.75 Å². The topological polar surface area (TPSA) is 109 Å². The third kappa shape index (κ3) is 6.30. The Morgan fingerprint density at radius 2 is 1.63 bits per heavy atom. The van der Waals surface area contributed by atoms with Crippen molar-refractivity contribution in [3.05, 3.63) is 76.9 Å². The first-order chi connectivity index (χ1) is 20.6. The van der Waals surface area contributed by atoms with Crippen LogP contribution in [0.2, 0.25) is 0 Å². The molecule has 0 spiro atoms. The molecule has 0 aliphatic carbocycles. The number of fused-ring (bicyclic) bond motifs is 1. The molecule has 10 heteroatoms. The first kappa shape index (κ1) is 30.3. The lowest BCUT2D eigenvalue weighted by atomic mass is 9.88. The average molecular weight is 605 g/mol. The molecule has 0 radical (unpaired) electrons. The Kier molecular flexibility index (Phi) is 8.89. The van der Waals surface area contributed by atoms with Crippen LogP contribution in [0, 0.1) is 0 Å². The fourth-order valence-corrected chi connectivity index (χ4v) is 5.51. The molecule has 9 nitrogen and oxygen atoms in total. The Balaban J connectivity index is 1.66. The molecule has 5 rings (SSSR count). The number of methoxy groups -OCH3 is 1. The molecule has 1 aliphatic heterocycles. The number of aliphatic hydroxyl groups is 1. The molecular weight excluding hydrogens is 568 g/mol. The Bertz CT molecular complexity index is 1650. The van der Waals surface area contributed by atoms with Gasteiger partial charge >= 0.3 is 5.97 Å². The van der Waals surface area contributed by atoms with Crippen molar-refractivity contribution in [3.8, 4) is 23.0 Å². The van der Waals surface area contributed by atoms with Gasteiger partial charge in [0.15, 0.2) is 11.5 Å². The molecular formula is C33H36N2O7S. The van der Waals surface area contributed by atoms with Crippen LogP contribution in [0.15, 0.2) is 60.2 Å². The third-order valence-corrected chi connectivity index (χ3v) is 7.37. The van der Waals surface area contributed by atoms with Gasteiger partial charge in [0.25, 0.3) is 5.79 Å². The predicted octanol–water partition coefficient (Wildman–Crippen LogP) is 6.46. The van der Waals surface area contributed by atoms with Gasteiger partial charge in [-0.1, -0.05) is 13.0 Å². The van der Waals surface area contributed by atoms with Crippen LogP contribution in [0.25, 0.3) is 16.6 Å². The number of benzene rings is 3. The molecule has 3 aromatic carbocycles. The maximum absolute atomic E-state index is 13.6. The van der Waals surface area contributed by atoms with Crippen LogP contribution in [-0.4, -0.2) is 45.7 Å². The molecule has 1 atom stereocenters. The number of hydrogen-bond acceptors (Lipinski definition) is 10. The zero-order valence-corrected chi connectivity index (χ0v) is 26.0. The van der Waals surface area contributed by atoms with Gasteiger partial charge in [-0.15, -0.1) is 0 Å². The summed E-state index contributed by atoms with van der Waals surface area (Å²) in [5, 5.41) is 12.2. The number of hydrogen-bond donors (Lipinski definition) is 1. The Labute approximate surface area is 255 Å². The molecule has 1 aromatic heterocycles. The van der Waals surface area contributed by atoms with Crippen LogP contribution in [0.3, 0.4) is 0 Å². The van der Waals surface area contributed by atoms with Crippen molar-refractivity contribution < 1.29 is 33.6 Å². The summed E-state index contributed by atoms with van der Waals surface area (Å²) in [5.41, 5.74) is 3.71. The van der Waals surface area contributed by atoms with Crippen LogP contribution >= 0.6 is 11.7 Å². The number of nitrogens with zero attached hydrogens (tertiary/aromatic N) is 2. The summed E-state index contributed by atoms with van der Waals surface area (Å²) in [6.07, 6.45) is 0.760. The Hall–Kier alpha value is -4.15. The van der Waals surface area contributed by atoms with Gasteiger partial charge in [0.2, 0.25) is 5.75 Å². The second-order valence-electron chi connectivity index (χ2n) is 10.9. The first-order valence-corrected chi connectivity index (χ1v) is 15.1. The number of carbonyl (C=O) groups excluding carboxylic acids is 1. The zero-order chi connectivity index (χ0) is 30.7. The van der Waals surface area contributed by atoms with Crippen LogP contribution in [0.5, 0.6) is 23.0 Å². The van der Waals surface area contributed by atoms with Crippen molar-refractivity contribution in [3.63, 3.8) is 0 Å². The summed E-state index contributed by atoms with van der Waals surface area (Å²) in [6, 6.07) is 16.0. The van der Waals surface area contributed by atoms with E-state index >= 15 is 0 Å². The van der Waals surface area contributed by atoms with Gasteiger partial charge in [0.05, 0.1) is 43.2 Å². The lowest BCUT2D eigenvalue weighted by molar-refractivity contribution is -0.185. The van der Waals surface area contributed by atoms with Crippen molar-refractivity contribution in [2.24, 2.45) is 0 Å². The highest BCUT2D eigenvalue weighted by atomic mass is 32.1. The van der Waals surface area contributed by atoms with Gasteiger partial charge in [-0.2, -0.15) is 8.75 Å². The maximum atomic E-state index is 13.6. The van der Waals surface area contributed by atoms with E-state index in [1.54, 1.807) is 49.6 Å². The first-order valence-electron chi connectivity index (χ1n) is 14.3. The molecule has 4 aromatic rings. The fraction of sp³-hybridized carbons (Fsp3) is 0.364. The number of carbonyl (C=O) groups is 1. The number of ether oxygens (including phenoxy) is 5. The molecule has 0 saturated heterocycles. The molecule has 1 N–H and O–H groups in total. The summed E-state index contributed by atoms with van der Waals surface area (Å²) in [6.45, 7) is 10.3. The average Bonchev–Trinajstić information content (AvgIpc) is 3.54. The van der Waals surface area contributed by atoms with E-state index in [2.05, 4.69) is 8.75 Å². The molecule has 1 unspecified atom stereocenters. The molecule has 0 fully saturated rings. The monoisotopic (exact) mass is 604 g/mol.